The second kappa shape index (κ2) is 5.76. The number of pyridine rings is 1. The van der Waals surface area contributed by atoms with Crippen LogP contribution in [0, 0.1) is 0 Å². The molecule has 2 N–H and O–H groups in total. The predicted octanol–water partition coefficient (Wildman–Crippen LogP) is 1.42. The van der Waals surface area contributed by atoms with E-state index in [-0.39, 0.29) is 4.99 Å². The molecule has 0 aliphatic heterocycles. The highest BCUT2D eigenvalue weighted by atomic mass is 32.1. The Hall–Kier alpha value is -2.67. The van der Waals surface area contributed by atoms with Crippen LogP contribution in [-0.2, 0) is 6.54 Å². The fraction of sp³-hybridized carbons (Fsp3) is 0.0714. The number of rotatable bonds is 4. The number of hydrogen-bond donors (Lipinski definition) is 1. The number of aromatic nitrogens is 5. The van der Waals surface area contributed by atoms with Crippen molar-refractivity contribution in [3.63, 3.8) is 0 Å². The van der Waals surface area contributed by atoms with Crippen LogP contribution in [0.5, 0.6) is 0 Å². The standard InChI is InChI=1S/C14H12N6S/c15-13(21)12-11(7-4-8-16-12)9-20-18-14(17-19-20)10-5-2-1-3-6-10/h1-8H,9H2,(H2,15,21). The molecule has 7 heteroatoms. The summed E-state index contributed by atoms with van der Waals surface area (Å²) < 4.78 is 0. The first-order chi connectivity index (χ1) is 10.2. The third-order valence-electron chi connectivity index (χ3n) is 2.92. The van der Waals surface area contributed by atoms with E-state index in [4.69, 9.17) is 18.0 Å². The number of hydrogen-bond acceptors (Lipinski definition) is 5. The van der Waals surface area contributed by atoms with Crippen molar-refractivity contribution in [3.8, 4) is 11.4 Å². The summed E-state index contributed by atoms with van der Waals surface area (Å²) in [5, 5.41) is 12.5. The van der Waals surface area contributed by atoms with Gasteiger partial charge in [0.2, 0.25) is 5.82 Å². The van der Waals surface area contributed by atoms with Gasteiger partial charge in [-0.2, -0.15) is 4.80 Å². The molecule has 0 amide bonds. The van der Waals surface area contributed by atoms with Crippen LogP contribution in [0.15, 0.2) is 48.7 Å². The molecule has 0 bridgehead atoms. The lowest BCUT2D eigenvalue weighted by molar-refractivity contribution is 0.571. The highest BCUT2D eigenvalue weighted by molar-refractivity contribution is 7.80. The monoisotopic (exact) mass is 296 g/mol. The summed E-state index contributed by atoms with van der Waals surface area (Å²) in [4.78, 5) is 5.94. The Morgan fingerprint density at radius 1 is 1.14 bits per heavy atom. The lowest BCUT2D eigenvalue weighted by atomic mass is 10.2. The lowest BCUT2D eigenvalue weighted by Gasteiger charge is -2.05. The van der Waals surface area contributed by atoms with E-state index in [0.29, 0.717) is 18.1 Å². The zero-order valence-electron chi connectivity index (χ0n) is 11.0. The van der Waals surface area contributed by atoms with E-state index in [0.717, 1.165) is 11.1 Å². The van der Waals surface area contributed by atoms with Gasteiger partial charge in [-0.05, 0) is 11.3 Å². The molecule has 3 rings (SSSR count). The molecule has 0 radical (unpaired) electrons. The van der Waals surface area contributed by atoms with Gasteiger partial charge in [0, 0.05) is 17.3 Å². The number of thiocarbonyl (C=S) groups is 1. The van der Waals surface area contributed by atoms with Gasteiger partial charge in [-0.3, -0.25) is 4.98 Å². The molecule has 104 valence electrons. The van der Waals surface area contributed by atoms with Gasteiger partial charge in [0.05, 0.1) is 6.54 Å². The van der Waals surface area contributed by atoms with Crippen molar-refractivity contribution in [1.29, 1.82) is 0 Å². The number of nitrogens with two attached hydrogens (primary N) is 1. The molecule has 0 unspecified atom stereocenters. The number of benzene rings is 1. The molecular formula is C14H12N6S. The smallest absolute Gasteiger partial charge is 0.204 e. The Kier molecular flexibility index (Phi) is 3.65. The fourth-order valence-corrected chi connectivity index (χ4v) is 2.14. The Labute approximate surface area is 126 Å². The highest BCUT2D eigenvalue weighted by Crippen LogP contribution is 2.13. The topological polar surface area (TPSA) is 82.5 Å². The van der Waals surface area contributed by atoms with Crippen molar-refractivity contribution in [2.24, 2.45) is 5.73 Å². The summed E-state index contributed by atoms with van der Waals surface area (Å²) in [5.41, 5.74) is 8.04. The normalized spacial score (nSPS) is 10.5. The third-order valence-corrected chi connectivity index (χ3v) is 3.11. The maximum atomic E-state index is 5.67. The van der Waals surface area contributed by atoms with Crippen molar-refractivity contribution in [2.75, 3.05) is 0 Å². The Morgan fingerprint density at radius 3 is 2.71 bits per heavy atom. The molecule has 0 fully saturated rings. The summed E-state index contributed by atoms with van der Waals surface area (Å²) in [6.45, 7) is 0.417. The highest BCUT2D eigenvalue weighted by Gasteiger charge is 2.10. The quantitative estimate of drug-likeness (QED) is 0.733. The zero-order valence-corrected chi connectivity index (χ0v) is 11.9. The molecule has 6 nitrogen and oxygen atoms in total. The van der Waals surface area contributed by atoms with Crippen molar-refractivity contribution < 1.29 is 0 Å². The van der Waals surface area contributed by atoms with Crippen LogP contribution in [0.3, 0.4) is 0 Å². The molecule has 0 aliphatic rings. The fourth-order valence-electron chi connectivity index (χ4n) is 1.95. The molecule has 0 spiro atoms. The average molecular weight is 296 g/mol. The Balaban J connectivity index is 1.87. The minimum atomic E-state index is 0.258. The van der Waals surface area contributed by atoms with E-state index in [1.165, 1.54) is 4.80 Å². The lowest BCUT2D eigenvalue weighted by Crippen LogP contribution is -2.16. The largest absolute Gasteiger partial charge is 0.388 e. The number of nitrogens with zero attached hydrogens (tertiary/aromatic N) is 5. The zero-order chi connectivity index (χ0) is 14.7. The Morgan fingerprint density at radius 2 is 1.95 bits per heavy atom. The average Bonchev–Trinajstić information content (AvgIpc) is 2.97. The van der Waals surface area contributed by atoms with E-state index in [9.17, 15) is 0 Å². The molecule has 0 atom stereocenters. The van der Waals surface area contributed by atoms with Crippen molar-refractivity contribution in [2.45, 2.75) is 6.54 Å². The van der Waals surface area contributed by atoms with Crippen LogP contribution in [0.25, 0.3) is 11.4 Å². The molecule has 0 saturated heterocycles. The first-order valence-corrected chi connectivity index (χ1v) is 6.72. The molecule has 1 aromatic carbocycles. The van der Waals surface area contributed by atoms with Crippen LogP contribution in [-0.4, -0.2) is 30.2 Å². The van der Waals surface area contributed by atoms with Gasteiger partial charge in [0.1, 0.15) is 10.7 Å². The maximum Gasteiger partial charge on any atom is 0.204 e. The summed E-state index contributed by atoms with van der Waals surface area (Å²) in [6.07, 6.45) is 1.65. The van der Waals surface area contributed by atoms with Crippen LogP contribution in [0.2, 0.25) is 0 Å². The summed E-state index contributed by atoms with van der Waals surface area (Å²) in [5.74, 6) is 0.580. The molecule has 3 aromatic rings. The van der Waals surface area contributed by atoms with Crippen molar-refractivity contribution in [1.82, 2.24) is 25.2 Å². The van der Waals surface area contributed by atoms with Crippen molar-refractivity contribution >= 4 is 17.2 Å². The molecule has 0 aliphatic carbocycles. The van der Waals surface area contributed by atoms with Gasteiger partial charge >= 0.3 is 0 Å². The maximum absolute atomic E-state index is 5.67. The van der Waals surface area contributed by atoms with Crippen molar-refractivity contribution in [3.05, 3.63) is 59.9 Å². The minimum Gasteiger partial charge on any atom is -0.388 e. The summed E-state index contributed by atoms with van der Waals surface area (Å²) >= 11 is 5.00. The summed E-state index contributed by atoms with van der Waals surface area (Å²) in [7, 11) is 0. The second-order valence-electron chi connectivity index (χ2n) is 4.38. The van der Waals surface area contributed by atoms with Gasteiger partial charge in [-0.25, -0.2) is 0 Å². The van der Waals surface area contributed by atoms with E-state index < -0.39 is 0 Å². The van der Waals surface area contributed by atoms with Crippen LogP contribution in [0.4, 0.5) is 0 Å². The molecule has 2 aromatic heterocycles. The molecule has 0 saturated carbocycles. The first kappa shape index (κ1) is 13.3. The van der Waals surface area contributed by atoms with Crippen LogP contribution < -0.4 is 5.73 Å². The second-order valence-corrected chi connectivity index (χ2v) is 4.82. The van der Waals surface area contributed by atoms with E-state index >= 15 is 0 Å². The SMILES string of the molecule is NC(=S)c1ncccc1Cn1nnc(-c2ccccc2)n1. The predicted molar refractivity (Wildman–Crippen MR) is 82.5 cm³/mol. The van der Waals surface area contributed by atoms with Crippen LogP contribution >= 0.6 is 12.2 Å². The van der Waals surface area contributed by atoms with Gasteiger partial charge in [-0.15, -0.1) is 10.2 Å². The molecule has 2 heterocycles. The van der Waals surface area contributed by atoms with Gasteiger partial charge in [-0.1, -0.05) is 48.6 Å². The van der Waals surface area contributed by atoms with E-state index in [1.54, 1.807) is 6.20 Å². The van der Waals surface area contributed by atoms with Gasteiger partial charge in [0.15, 0.2) is 0 Å². The van der Waals surface area contributed by atoms with E-state index in [2.05, 4.69) is 20.4 Å². The summed E-state index contributed by atoms with van der Waals surface area (Å²) in [6, 6.07) is 13.4. The molecular weight excluding hydrogens is 284 g/mol. The third kappa shape index (κ3) is 2.92. The van der Waals surface area contributed by atoms with Gasteiger partial charge < -0.3 is 5.73 Å². The van der Waals surface area contributed by atoms with E-state index in [1.807, 2.05) is 42.5 Å². The number of tetrazole rings is 1. The van der Waals surface area contributed by atoms with Crippen LogP contribution in [0.1, 0.15) is 11.3 Å². The van der Waals surface area contributed by atoms with Gasteiger partial charge in [0.25, 0.3) is 0 Å². The first-order valence-electron chi connectivity index (χ1n) is 6.31. The molecule has 21 heavy (non-hydrogen) atoms. The minimum absolute atomic E-state index is 0.258. The Bertz CT molecular complexity index is 768.